The molecule has 0 N–H and O–H groups in total. The quantitative estimate of drug-likeness (QED) is 0.545. The molecule has 0 spiro atoms. The zero-order valence-corrected chi connectivity index (χ0v) is 14.9. The zero-order valence-electron chi connectivity index (χ0n) is 14.1. The summed E-state index contributed by atoms with van der Waals surface area (Å²) in [5.74, 6) is 2.27. The second-order valence-electron chi connectivity index (χ2n) is 5.37. The summed E-state index contributed by atoms with van der Waals surface area (Å²) in [6, 6.07) is 14.1. The van der Waals surface area contributed by atoms with Gasteiger partial charge in [-0.15, -0.1) is 0 Å². The molecule has 0 aliphatic heterocycles. The van der Waals surface area contributed by atoms with Crippen LogP contribution in [0.5, 0.6) is 11.5 Å². The van der Waals surface area contributed by atoms with Gasteiger partial charge in [-0.3, -0.25) is 9.59 Å². The minimum Gasteiger partial charge on any atom is -0.497 e. The molecule has 0 saturated heterocycles. The summed E-state index contributed by atoms with van der Waals surface area (Å²) in [6.45, 7) is 0. The van der Waals surface area contributed by atoms with Crippen molar-refractivity contribution in [3.8, 4) is 11.5 Å². The maximum atomic E-state index is 12.3. The maximum absolute atomic E-state index is 12.3. The van der Waals surface area contributed by atoms with E-state index in [0.717, 1.165) is 11.5 Å². The summed E-state index contributed by atoms with van der Waals surface area (Å²) in [5.41, 5.74) is 1.29. The van der Waals surface area contributed by atoms with E-state index in [0.29, 0.717) is 22.6 Å². The fourth-order valence-corrected chi connectivity index (χ4v) is 3.55. The monoisotopic (exact) mass is 345 g/mol. The molecule has 0 bridgehead atoms. The van der Waals surface area contributed by atoms with E-state index in [9.17, 15) is 9.59 Å². The second-order valence-corrected chi connectivity index (χ2v) is 7.51. The highest BCUT2D eigenvalue weighted by Gasteiger charge is 2.23. The molecule has 0 unspecified atom stereocenters. The summed E-state index contributed by atoms with van der Waals surface area (Å²) in [5, 5.41) is 0. The zero-order chi connectivity index (χ0) is 17.5. The van der Waals surface area contributed by atoms with Gasteiger partial charge in [0.2, 0.25) is 11.6 Å². The topological polar surface area (TPSA) is 52.6 Å². The van der Waals surface area contributed by atoms with Crippen molar-refractivity contribution in [2.75, 3.05) is 32.0 Å². The fourth-order valence-electron chi connectivity index (χ4n) is 2.22. The number of ketones is 2. The molecular weight excluding hydrogens is 324 g/mol. The molecule has 2 aromatic carbocycles. The number of carbonyl (C=O) groups excluding carboxylic acids is 2. The van der Waals surface area contributed by atoms with Gasteiger partial charge in [0, 0.05) is 22.0 Å². The van der Waals surface area contributed by atoms with Crippen molar-refractivity contribution >= 4 is 22.5 Å². The van der Waals surface area contributed by atoms with Gasteiger partial charge in [-0.25, -0.2) is 0 Å². The molecule has 0 radical (unpaired) electrons. The average molecular weight is 345 g/mol. The number of methoxy groups -OCH3 is 2. The first-order valence-corrected chi connectivity index (χ1v) is 9.44. The Morgan fingerprint density at radius 3 is 1.38 bits per heavy atom. The fraction of sp³-hybridized carbons (Fsp3) is 0.263. The SMILES string of the molecule is COc1ccc(C(=O)C[S+](C)CC(=O)c2ccc(OC)cc2)cc1. The van der Waals surface area contributed by atoms with E-state index in [-0.39, 0.29) is 22.5 Å². The standard InChI is InChI=1S/C19H21O4S/c1-22-16-8-4-14(5-9-16)18(20)12-24(3)13-19(21)15-6-10-17(23-2)11-7-15/h4-11H,12-13H2,1-3H3/q+1. The predicted octanol–water partition coefficient (Wildman–Crippen LogP) is 3.02. The highest BCUT2D eigenvalue weighted by Crippen LogP contribution is 2.14. The van der Waals surface area contributed by atoms with Crippen LogP contribution in [0.25, 0.3) is 0 Å². The lowest BCUT2D eigenvalue weighted by Gasteiger charge is -2.05. The largest absolute Gasteiger partial charge is 0.497 e. The van der Waals surface area contributed by atoms with Crippen molar-refractivity contribution < 1.29 is 19.1 Å². The average Bonchev–Trinajstić information content (AvgIpc) is 2.61. The second kappa shape index (κ2) is 8.55. The molecule has 24 heavy (non-hydrogen) atoms. The Morgan fingerprint density at radius 1 is 0.750 bits per heavy atom. The Kier molecular flexibility index (Phi) is 6.44. The van der Waals surface area contributed by atoms with Gasteiger partial charge in [0.15, 0.2) is 11.5 Å². The Morgan fingerprint density at radius 2 is 1.08 bits per heavy atom. The normalized spacial score (nSPS) is 10.5. The molecule has 0 aliphatic carbocycles. The van der Waals surface area contributed by atoms with Gasteiger partial charge in [0.1, 0.15) is 11.5 Å². The van der Waals surface area contributed by atoms with Gasteiger partial charge in [0.25, 0.3) is 0 Å². The summed E-state index contributed by atoms with van der Waals surface area (Å²) in [7, 11) is 2.87. The molecule has 4 nitrogen and oxygen atoms in total. The molecule has 0 aromatic heterocycles. The highest BCUT2D eigenvalue weighted by atomic mass is 32.2. The van der Waals surface area contributed by atoms with Crippen molar-refractivity contribution in [2.24, 2.45) is 0 Å². The van der Waals surface area contributed by atoms with Crippen molar-refractivity contribution in [1.29, 1.82) is 0 Å². The number of rotatable bonds is 8. The van der Waals surface area contributed by atoms with Crippen LogP contribution in [0, 0.1) is 0 Å². The van der Waals surface area contributed by atoms with E-state index in [4.69, 9.17) is 9.47 Å². The van der Waals surface area contributed by atoms with Crippen LogP contribution >= 0.6 is 0 Å². The van der Waals surface area contributed by atoms with Crippen LogP contribution in [0.2, 0.25) is 0 Å². The van der Waals surface area contributed by atoms with Crippen LogP contribution in [-0.4, -0.2) is 43.5 Å². The van der Waals surface area contributed by atoms with Crippen molar-refractivity contribution in [2.45, 2.75) is 0 Å². The predicted molar refractivity (Wildman–Crippen MR) is 97.7 cm³/mol. The van der Waals surface area contributed by atoms with Crippen LogP contribution in [-0.2, 0) is 10.9 Å². The van der Waals surface area contributed by atoms with Gasteiger partial charge in [-0.2, -0.15) is 0 Å². The molecule has 0 saturated carbocycles. The minimum absolute atomic E-state index is 0.0472. The molecular formula is C19H21O4S+. The van der Waals surface area contributed by atoms with E-state index in [1.54, 1.807) is 62.8 Å². The van der Waals surface area contributed by atoms with Gasteiger partial charge in [-0.1, -0.05) is 0 Å². The van der Waals surface area contributed by atoms with Crippen LogP contribution < -0.4 is 9.47 Å². The van der Waals surface area contributed by atoms with E-state index < -0.39 is 0 Å². The van der Waals surface area contributed by atoms with E-state index in [2.05, 4.69) is 0 Å². The lowest BCUT2D eigenvalue weighted by molar-refractivity contribution is 0.102. The molecule has 2 rings (SSSR count). The van der Waals surface area contributed by atoms with E-state index in [1.165, 1.54) is 0 Å². The summed E-state index contributed by atoms with van der Waals surface area (Å²) >= 11 is 0. The molecule has 0 heterocycles. The minimum atomic E-state index is -0.307. The Hall–Kier alpha value is -2.27. The molecule has 5 heteroatoms. The third-order valence-corrected chi connectivity index (χ3v) is 5.09. The number of ether oxygens (including phenoxy) is 2. The molecule has 0 atom stereocenters. The molecule has 126 valence electrons. The summed E-state index contributed by atoms with van der Waals surface area (Å²) < 4.78 is 10.2. The van der Waals surface area contributed by atoms with Gasteiger partial charge >= 0.3 is 0 Å². The first-order valence-electron chi connectivity index (χ1n) is 7.47. The maximum Gasteiger partial charge on any atom is 0.211 e. The molecule has 0 amide bonds. The number of hydrogen-bond acceptors (Lipinski definition) is 4. The third kappa shape index (κ3) is 4.86. The Labute approximate surface area is 145 Å². The molecule has 0 fully saturated rings. The number of carbonyl (C=O) groups is 2. The van der Waals surface area contributed by atoms with Crippen LogP contribution in [0.4, 0.5) is 0 Å². The van der Waals surface area contributed by atoms with Crippen LogP contribution in [0.3, 0.4) is 0 Å². The highest BCUT2D eigenvalue weighted by molar-refractivity contribution is 7.97. The first-order chi connectivity index (χ1) is 11.5. The lowest BCUT2D eigenvalue weighted by atomic mass is 10.1. The van der Waals surface area contributed by atoms with Crippen molar-refractivity contribution in [1.82, 2.24) is 0 Å². The lowest BCUT2D eigenvalue weighted by Crippen LogP contribution is -2.23. The molecule has 2 aromatic rings. The van der Waals surface area contributed by atoms with Gasteiger partial charge < -0.3 is 9.47 Å². The van der Waals surface area contributed by atoms with Crippen molar-refractivity contribution in [3.63, 3.8) is 0 Å². The van der Waals surface area contributed by atoms with Crippen molar-refractivity contribution in [3.05, 3.63) is 59.7 Å². The van der Waals surface area contributed by atoms with E-state index in [1.807, 2.05) is 6.26 Å². The van der Waals surface area contributed by atoms with E-state index >= 15 is 0 Å². The van der Waals surface area contributed by atoms with Crippen LogP contribution in [0.15, 0.2) is 48.5 Å². The van der Waals surface area contributed by atoms with Crippen LogP contribution in [0.1, 0.15) is 20.7 Å². The number of benzene rings is 2. The Bertz CT molecular complexity index is 631. The number of Topliss-reactive ketones (excluding diaryl/α,β-unsaturated/α-hetero) is 2. The molecule has 0 aliphatic rings. The summed E-state index contributed by atoms with van der Waals surface area (Å²) in [6.07, 6.45) is 1.95. The van der Waals surface area contributed by atoms with Gasteiger partial charge in [-0.05, 0) is 48.5 Å². The van der Waals surface area contributed by atoms with Gasteiger partial charge in [0.05, 0.1) is 20.5 Å². The summed E-state index contributed by atoms with van der Waals surface area (Å²) in [4.78, 5) is 24.6. The number of hydrogen-bond donors (Lipinski definition) is 0. The third-order valence-electron chi connectivity index (χ3n) is 3.58. The Balaban J connectivity index is 1.92. The first kappa shape index (κ1) is 18.1. The smallest absolute Gasteiger partial charge is 0.211 e.